The van der Waals surface area contributed by atoms with Crippen molar-refractivity contribution in [2.24, 2.45) is 5.41 Å². The van der Waals surface area contributed by atoms with E-state index in [4.69, 9.17) is 4.74 Å². The van der Waals surface area contributed by atoms with Gasteiger partial charge in [0.05, 0.1) is 0 Å². The average Bonchev–Trinajstić information content (AvgIpc) is 3.29. The second-order valence-electron chi connectivity index (χ2n) is 5.24. The molecule has 0 aliphatic heterocycles. The van der Waals surface area contributed by atoms with Gasteiger partial charge in [0.15, 0.2) is 0 Å². The van der Waals surface area contributed by atoms with Crippen LogP contribution in [-0.4, -0.2) is 32.1 Å². The van der Waals surface area contributed by atoms with E-state index in [1.807, 2.05) is 0 Å². The Hall–Kier alpha value is -2.02. The lowest BCUT2D eigenvalue weighted by atomic mass is 10.0. The molecule has 7 heteroatoms. The summed E-state index contributed by atoms with van der Waals surface area (Å²) in [6.45, 7) is 0.885. The smallest absolute Gasteiger partial charge is 0.240 e. The monoisotopic (exact) mass is 312 g/mol. The van der Waals surface area contributed by atoms with E-state index in [1.54, 1.807) is 7.11 Å². The maximum absolute atomic E-state index is 13.5. The molecule has 22 heavy (non-hydrogen) atoms. The van der Waals surface area contributed by atoms with Crippen molar-refractivity contribution in [3.63, 3.8) is 0 Å². The lowest BCUT2D eigenvalue weighted by Crippen LogP contribution is -2.40. The summed E-state index contributed by atoms with van der Waals surface area (Å²) in [6, 6.07) is 3.29. The Bertz CT molecular complexity index is 554. The largest absolute Gasteiger partial charge is 0.385 e. The van der Waals surface area contributed by atoms with Crippen LogP contribution in [0.5, 0.6) is 0 Å². The molecule has 120 valence electrons. The summed E-state index contributed by atoms with van der Waals surface area (Å²) in [6.07, 6.45) is 1.36. The second kappa shape index (κ2) is 6.83. The Kier molecular flexibility index (Phi) is 5.07. The standard InChI is InChI=1S/C15H18F2N2O3/c1-22-9-3-8-18-13(20)15(6-7-15)14(21)19-12-10(16)4-2-5-11(12)17/h2,4-5H,3,6-9H2,1H3,(H,18,20)(H,19,21). The third kappa shape index (κ3) is 3.41. The molecule has 1 aromatic carbocycles. The fraction of sp³-hybridized carbons (Fsp3) is 0.467. The van der Waals surface area contributed by atoms with Crippen LogP contribution >= 0.6 is 0 Å². The van der Waals surface area contributed by atoms with Crippen molar-refractivity contribution < 1.29 is 23.1 Å². The Morgan fingerprint density at radius 3 is 2.41 bits per heavy atom. The van der Waals surface area contributed by atoms with Gasteiger partial charge >= 0.3 is 0 Å². The molecular weight excluding hydrogens is 294 g/mol. The molecule has 0 saturated heterocycles. The number of para-hydroxylation sites is 1. The SMILES string of the molecule is COCCCNC(=O)C1(C(=O)Nc2c(F)cccc2F)CC1. The molecule has 1 aromatic rings. The van der Waals surface area contributed by atoms with Crippen LogP contribution in [0, 0.1) is 17.0 Å². The number of hydrogen-bond acceptors (Lipinski definition) is 3. The first kappa shape index (κ1) is 16.4. The van der Waals surface area contributed by atoms with Crippen molar-refractivity contribution in [3.05, 3.63) is 29.8 Å². The van der Waals surface area contributed by atoms with E-state index < -0.39 is 34.6 Å². The molecular formula is C15H18F2N2O3. The molecule has 0 bridgehead atoms. The van der Waals surface area contributed by atoms with Crippen LogP contribution in [0.25, 0.3) is 0 Å². The second-order valence-corrected chi connectivity index (χ2v) is 5.24. The van der Waals surface area contributed by atoms with Crippen LogP contribution in [-0.2, 0) is 14.3 Å². The highest BCUT2D eigenvalue weighted by Crippen LogP contribution is 2.47. The van der Waals surface area contributed by atoms with Crippen LogP contribution in [0.3, 0.4) is 0 Å². The van der Waals surface area contributed by atoms with Crippen molar-refractivity contribution in [1.29, 1.82) is 0 Å². The predicted molar refractivity (Wildman–Crippen MR) is 76.2 cm³/mol. The number of hydrogen-bond donors (Lipinski definition) is 2. The number of carbonyl (C=O) groups excluding carboxylic acids is 2. The van der Waals surface area contributed by atoms with E-state index >= 15 is 0 Å². The number of ether oxygens (including phenoxy) is 1. The summed E-state index contributed by atoms with van der Waals surface area (Å²) in [4.78, 5) is 24.3. The van der Waals surface area contributed by atoms with Crippen molar-refractivity contribution in [1.82, 2.24) is 5.32 Å². The van der Waals surface area contributed by atoms with Crippen LogP contribution < -0.4 is 10.6 Å². The Labute approximate surface area is 127 Å². The highest BCUT2D eigenvalue weighted by atomic mass is 19.1. The molecule has 1 fully saturated rings. The van der Waals surface area contributed by atoms with Crippen LogP contribution in [0.4, 0.5) is 14.5 Å². The molecule has 1 saturated carbocycles. The zero-order valence-corrected chi connectivity index (χ0v) is 12.2. The van der Waals surface area contributed by atoms with E-state index in [1.165, 1.54) is 6.07 Å². The lowest BCUT2D eigenvalue weighted by molar-refractivity contribution is -0.134. The minimum Gasteiger partial charge on any atom is -0.385 e. The van der Waals surface area contributed by atoms with Gasteiger partial charge in [-0.05, 0) is 31.4 Å². The summed E-state index contributed by atoms with van der Waals surface area (Å²) in [7, 11) is 1.56. The fourth-order valence-corrected chi connectivity index (χ4v) is 2.12. The number of benzene rings is 1. The summed E-state index contributed by atoms with van der Waals surface area (Å²) in [5, 5.41) is 4.84. The van der Waals surface area contributed by atoms with Crippen molar-refractivity contribution in [2.45, 2.75) is 19.3 Å². The molecule has 2 N–H and O–H groups in total. The van der Waals surface area contributed by atoms with Gasteiger partial charge in [-0.1, -0.05) is 6.07 Å². The van der Waals surface area contributed by atoms with Crippen molar-refractivity contribution in [2.75, 3.05) is 25.6 Å². The first-order valence-electron chi connectivity index (χ1n) is 7.04. The molecule has 1 aliphatic rings. The molecule has 5 nitrogen and oxygen atoms in total. The first-order valence-corrected chi connectivity index (χ1v) is 7.04. The Balaban J connectivity index is 1.98. The van der Waals surface area contributed by atoms with Gasteiger partial charge in [-0.2, -0.15) is 0 Å². The van der Waals surface area contributed by atoms with Crippen LogP contribution in [0.1, 0.15) is 19.3 Å². The maximum atomic E-state index is 13.5. The van der Waals surface area contributed by atoms with Gasteiger partial charge in [0.25, 0.3) is 0 Å². The Morgan fingerprint density at radius 2 is 1.86 bits per heavy atom. The number of amides is 2. The van der Waals surface area contributed by atoms with Crippen LogP contribution in [0.15, 0.2) is 18.2 Å². The third-order valence-electron chi connectivity index (χ3n) is 3.63. The van der Waals surface area contributed by atoms with Gasteiger partial charge in [0, 0.05) is 20.3 Å². The van der Waals surface area contributed by atoms with Gasteiger partial charge in [-0.25, -0.2) is 8.78 Å². The van der Waals surface area contributed by atoms with E-state index in [0.29, 0.717) is 32.4 Å². The number of methoxy groups -OCH3 is 1. The molecule has 0 aromatic heterocycles. The zero-order chi connectivity index (χ0) is 16.2. The third-order valence-corrected chi connectivity index (χ3v) is 3.63. The molecule has 0 atom stereocenters. The van der Waals surface area contributed by atoms with Crippen molar-refractivity contribution in [3.8, 4) is 0 Å². The van der Waals surface area contributed by atoms with E-state index in [-0.39, 0.29) is 0 Å². The Morgan fingerprint density at radius 1 is 1.23 bits per heavy atom. The average molecular weight is 312 g/mol. The first-order chi connectivity index (χ1) is 10.5. The van der Waals surface area contributed by atoms with E-state index in [2.05, 4.69) is 10.6 Å². The highest BCUT2D eigenvalue weighted by Gasteiger charge is 2.56. The van der Waals surface area contributed by atoms with E-state index in [9.17, 15) is 18.4 Å². The summed E-state index contributed by atoms with van der Waals surface area (Å²) in [5.41, 5.74) is -1.74. The number of halogens is 2. The lowest BCUT2D eigenvalue weighted by Gasteiger charge is -2.16. The molecule has 0 spiro atoms. The highest BCUT2D eigenvalue weighted by molar-refractivity contribution is 6.13. The normalized spacial score (nSPS) is 15.2. The molecule has 0 radical (unpaired) electrons. The number of carbonyl (C=O) groups is 2. The van der Waals surface area contributed by atoms with Gasteiger partial charge in [0.1, 0.15) is 22.7 Å². The summed E-state index contributed by atoms with van der Waals surface area (Å²) < 4.78 is 31.9. The van der Waals surface area contributed by atoms with Crippen molar-refractivity contribution >= 4 is 17.5 Å². The molecule has 2 amide bonds. The zero-order valence-electron chi connectivity index (χ0n) is 12.2. The maximum Gasteiger partial charge on any atom is 0.240 e. The number of nitrogens with one attached hydrogen (secondary N) is 2. The number of anilines is 1. The topological polar surface area (TPSA) is 67.4 Å². The molecule has 0 heterocycles. The van der Waals surface area contributed by atoms with Gasteiger partial charge in [0.2, 0.25) is 11.8 Å². The molecule has 0 unspecified atom stereocenters. The van der Waals surface area contributed by atoms with Gasteiger partial charge in [-0.15, -0.1) is 0 Å². The summed E-state index contributed by atoms with van der Waals surface area (Å²) in [5.74, 6) is -2.84. The fourth-order valence-electron chi connectivity index (χ4n) is 2.12. The van der Waals surface area contributed by atoms with E-state index in [0.717, 1.165) is 12.1 Å². The molecule has 2 rings (SSSR count). The minimum absolute atomic E-state index is 0.366. The van der Waals surface area contributed by atoms with Gasteiger partial charge in [-0.3, -0.25) is 9.59 Å². The quantitative estimate of drug-likeness (QED) is 0.596. The molecule has 1 aliphatic carbocycles. The predicted octanol–water partition coefficient (Wildman–Crippen LogP) is 1.84. The number of rotatable bonds is 7. The van der Waals surface area contributed by atoms with Gasteiger partial charge < -0.3 is 15.4 Å². The van der Waals surface area contributed by atoms with Crippen LogP contribution in [0.2, 0.25) is 0 Å². The minimum atomic E-state index is -1.22. The summed E-state index contributed by atoms with van der Waals surface area (Å²) >= 11 is 0.